The number of hydrogen-bond donors (Lipinski definition) is 1. The lowest BCUT2D eigenvalue weighted by Crippen LogP contribution is -2.45. The molecule has 4 heteroatoms. The number of pyridine rings is 1. The Labute approximate surface area is 101 Å². The normalized spacial score (nSPS) is 19.1. The first-order valence-corrected chi connectivity index (χ1v) is 5.93. The fraction of sp³-hybridized carbons (Fsp3) is 0.538. The summed E-state index contributed by atoms with van der Waals surface area (Å²) in [4.78, 5) is 18.2. The number of piperidine rings is 1. The average Bonchev–Trinajstić information content (AvgIpc) is 2.29. The molecule has 1 aliphatic rings. The highest BCUT2D eigenvalue weighted by Crippen LogP contribution is 2.22. The molecule has 2 heterocycles. The molecule has 1 amide bonds. The maximum atomic E-state index is 12.2. The van der Waals surface area contributed by atoms with Crippen molar-refractivity contribution in [2.75, 3.05) is 13.1 Å². The molecule has 4 nitrogen and oxygen atoms in total. The average molecular weight is 234 g/mol. The monoisotopic (exact) mass is 234 g/mol. The van der Waals surface area contributed by atoms with Crippen LogP contribution >= 0.6 is 0 Å². The molecule has 2 rings (SSSR count). The third-order valence-corrected chi connectivity index (χ3v) is 3.37. The second-order valence-corrected chi connectivity index (χ2v) is 4.93. The van der Waals surface area contributed by atoms with Crippen LogP contribution in [0.3, 0.4) is 0 Å². The van der Waals surface area contributed by atoms with Gasteiger partial charge in [-0.2, -0.15) is 0 Å². The van der Waals surface area contributed by atoms with E-state index in [1.54, 1.807) is 23.2 Å². The van der Waals surface area contributed by atoms with E-state index >= 15 is 0 Å². The SMILES string of the molecule is Cc1ncccc1C(=O)N1CCC(C)(O)CC1. The van der Waals surface area contributed by atoms with E-state index in [1.165, 1.54) is 0 Å². The first-order chi connectivity index (χ1) is 7.99. The van der Waals surface area contributed by atoms with Crippen LogP contribution in [0.1, 0.15) is 35.8 Å². The Morgan fingerprint density at radius 3 is 2.71 bits per heavy atom. The van der Waals surface area contributed by atoms with Crippen LogP contribution in [-0.4, -0.2) is 39.6 Å². The Morgan fingerprint density at radius 2 is 2.12 bits per heavy atom. The molecule has 1 aromatic rings. The van der Waals surface area contributed by atoms with Gasteiger partial charge in [-0.1, -0.05) is 0 Å². The molecule has 1 aliphatic heterocycles. The minimum Gasteiger partial charge on any atom is -0.390 e. The molecule has 0 radical (unpaired) electrons. The van der Waals surface area contributed by atoms with Crippen molar-refractivity contribution >= 4 is 5.91 Å². The molecule has 0 saturated carbocycles. The van der Waals surface area contributed by atoms with Gasteiger partial charge in [-0.15, -0.1) is 0 Å². The zero-order valence-electron chi connectivity index (χ0n) is 10.3. The van der Waals surface area contributed by atoms with Gasteiger partial charge in [-0.3, -0.25) is 9.78 Å². The fourth-order valence-electron chi connectivity index (χ4n) is 2.07. The van der Waals surface area contributed by atoms with Gasteiger partial charge in [-0.05, 0) is 38.8 Å². The molecule has 1 fully saturated rings. The molecule has 0 unspecified atom stereocenters. The molecular weight excluding hydrogens is 216 g/mol. The Balaban J connectivity index is 2.10. The molecule has 0 bridgehead atoms. The van der Waals surface area contributed by atoms with Gasteiger partial charge in [0.25, 0.3) is 5.91 Å². The highest BCUT2D eigenvalue weighted by atomic mass is 16.3. The molecule has 0 atom stereocenters. The Kier molecular flexibility index (Phi) is 3.15. The van der Waals surface area contributed by atoms with Crippen LogP contribution in [0.2, 0.25) is 0 Å². The van der Waals surface area contributed by atoms with E-state index < -0.39 is 5.60 Å². The summed E-state index contributed by atoms with van der Waals surface area (Å²) in [7, 11) is 0. The third-order valence-electron chi connectivity index (χ3n) is 3.37. The maximum Gasteiger partial charge on any atom is 0.255 e. The Hall–Kier alpha value is -1.42. The van der Waals surface area contributed by atoms with Crippen molar-refractivity contribution in [1.29, 1.82) is 0 Å². The molecule has 0 aliphatic carbocycles. The van der Waals surface area contributed by atoms with Crippen LogP contribution < -0.4 is 0 Å². The number of aliphatic hydroxyl groups is 1. The van der Waals surface area contributed by atoms with Crippen LogP contribution in [0.4, 0.5) is 0 Å². The lowest BCUT2D eigenvalue weighted by Gasteiger charge is -2.35. The number of amides is 1. The van der Waals surface area contributed by atoms with Gasteiger partial charge in [0.2, 0.25) is 0 Å². The lowest BCUT2D eigenvalue weighted by molar-refractivity contribution is -0.00205. The van der Waals surface area contributed by atoms with Crippen LogP contribution in [0.5, 0.6) is 0 Å². The van der Waals surface area contributed by atoms with Crippen molar-refractivity contribution in [2.45, 2.75) is 32.3 Å². The molecular formula is C13H18N2O2. The third kappa shape index (κ3) is 2.64. The number of nitrogens with zero attached hydrogens (tertiary/aromatic N) is 2. The summed E-state index contributed by atoms with van der Waals surface area (Å²) in [6.45, 7) is 4.89. The number of aromatic nitrogens is 1. The van der Waals surface area contributed by atoms with E-state index in [2.05, 4.69) is 4.98 Å². The van der Waals surface area contributed by atoms with Crippen molar-refractivity contribution in [2.24, 2.45) is 0 Å². The number of carbonyl (C=O) groups excluding carboxylic acids is 1. The van der Waals surface area contributed by atoms with Crippen molar-refractivity contribution < 1.29 is 9.90 Å². The van der Waals surface area contributed by atoms with E-state index in [9.17, 15) is 9.90 Å². The second-order valence-electron chi connectivity index (χ2n) is 4.93. The van der Waals surface area contributed by atoms with Gasteiger partial charge in [0.15, 0.2) is 0 Å². The molecule has 92 valence electrons. The van der Waals surface area contributed by atoms with Crippen LogP contribution in [0.25, 0.3) is 0 Å². The quantitative estimate of drug-likeness (QED) is 0.798. The number of rotatable bonds is 1. The van der Waals surface area contributed by atoms with Gasteiger partial charge < -0.3 is 10.0 Å². The highest BCUT2D eigenvalue weighted by molar-refractivity contribution is 5.95. The minimum absolute atomic E-state index is 0.0195. The number of carbonyl (C=O) groups is 1. The molecule has 17 heavy (non-hydrogen) atoms. The summed E-state index contributed by atoms with van der Waals surface area (Å²) in [5.41, 5.74) is 0.796. The molecule has 1 aromatic heterocycles. The standard InChI is InChI=1S/C13H18N2O2/c1-10-11(4-3-7-14-10)12(16)15-8-5-13(2,17)6-9-15/h3-4,7,17H,5-6,8-9H2,1-2H3. The van der Waals surface area contributed by atoms with Crippen LogP contribution in [0, 0.1) is 6.92 Å². The van der Waals surface area contributed by atoms with Crippen molar-refractivity contribution in [3.8, 4) is 0 Å². The Bertz CT molecular complexity index is 419. The second kappa shape index (κ2) is 4.45. The van der Waals surface area contributed by atoms with E-state index in [1.807, 2.05) is 13.8 Å². The lowest BCUT2D eigenvalue weighted by atomic mass is 9.93. The summed E-state index contributed by atoms with van der Waals surface area (Å²) < 4.78 is 0. The predicted molar refractivity (Wildman–Crippen MR) is 64.7 cm³/mol. The first-order valence-electron chi connectivity index (χ1n) is 5.93. The molecule has 1 saturated heterocycles. The zero-order chi connectivity index (χ0) is 12.5. The maximum absolute atomic E-state index is 12.2. The van der Waals surface area contributed by atoms with Crippen molar-refractivity contribution in [3.63, 3.8) is 0 Å². The molecule has 0 spiro atoms. The van der Waals surface area contributed by atoms with E-state index in [-0.39, 0.29) is 5.91 Å². The fourth-order valence-corrected chi connectivity index (χ4v) is 2.07. The number of hydrogen-bond acceptors (Lipinski definition) is 3. The summed E-state index contributed by atoms with van der Waals surface area (Å²) in [5, 5.41) is 9.85. The van der Waals surface area contributed by atoms with Gasteiger partial charge in [0.1, 0.15) is 0 Å². The topological polar surface area (TPSA) is 53.4 Å². The van der Waals surface area contributed by atoms with Crippen LogP contribution in [-0.2, 0) is 0 Å². The number of aryl methyl sites for hydroxylation is 1. The van der Waals surface area contributed by atoms with E-state index in [0.29, 0.717) is 31.5 Å². The summed E-state index contributed by atoms with van der Waals surface area (Å²) in [6, 6.07) is 3.58. The van der Waals surface area contributed by atoms with Gasteiger partial charge in [-0.25, -0.2) is 0 Å². The van der Waals surface area contributed by atoms with Crippen molar-refractivity contribution in [3.05, 3.63) is 29.6 Å². The van der Waals surface area contributed by atoms with E-state index in [4.69, 9.17) is 0 Å². The Morgan fingerprint density at radius 1 is 1.47 bits per heavy atom. The highest BCUT2D eigenvalue weighted by Gasteiger charge is 2.30. The number of likely N-dealkylation sites (tertiary alicyclic amines) is 1. The van der Waals surface area contributed by atoms with Gasteiger partial charge in [0, 0.05) is 25.0 Å². The largest absolute Gasteiger partial charge is 0.390 e. The molecule has 0 aromatic carbocycles. The summed E-state index contributed by atoms with van der Waals surface area (Å²) >= 11 is 0. The van der Waals surface area contributed by atoms with E-state index in [0.717, 1.165) is 5.69 Å². The van der Waals surface area contributed by atoms with Gasteiger partial charge >= 0.3 is 0 Å². The summed E-state index contributed by atoms with van der Waals surface area (Å²) in [6.07, 6.45) is 2.96. The first kappa shape index (κ1) is 12.0. The van der Waals surface area contributed by atoms with Crippen LogP contribution in [0.15, 0.2) is 18.3 Å². The summed E-state index contributed by atoms with van der Waals surface area (Å²) in [5.74, 6) is 0.0195. The smallest absolute Gasteiger partial charge is 0.255 e. The predicted octanol–water partition coefficient (Wildman–Crippen LogP) is 1.38. The molecule has 1 N–H and O–H groups in total. The van der Waals surface area contributed by atoms with Gasteiger partial charge in [0.05, 0.1) is 11.2 Å². The minimum atomic E-state index is -0.624. The zero-order valence-corrected chi connectivity index (χ0v) is 10.3. The van der Waals surface area contributed by atoms with Crippen molar-refractivity contribution in [1.82, 2.24) is 9.88 Å².